The first-order chi connectivity index (χ1) is 8.89. The van der Waals surface area contributed by atoms with Crippen LogP contribution in [0.2, 0.25) is 0 Å². The van der Waals surface area contributed by atoms with Crippen LogP contribution in [0.25, 0.3) is 0 Å². The SMILES string of the molecule is Cc1cc(C)nc(SC2CCCC(N)(C(N)=O)C2)c1. The molecule has 104 valence electrons. The standard InChI is InChI=1S/C14H21N3OS/c1-9-6-10(2)17-12(7-9)19-11-4-3-5-14(16,8-11)13(15)18/h6-7,11H,3-5,8,16H2,1-2H3,(H2,15,18). The van der Waals surface area contributed by atoms with Crippen LogP contribution in [0, 0.1) is 13.8 Å². The second-order valence-electron chi connectivity index (χ2n) is 5.48. The highest BCUT2D eigenvalue weighted by atomic mass is 32.2. The number of rotatable bonds is 3. The fraction of sp³-hybridized carbons (Fsp3) is 0.571. The molecule has 1 aromatic rings. The Hall–Kier alpha value is -1.07. The lowest BCUT2D eigenvalue weighted by Crippen LogP contribution is -2.55. The molecule has 1 aromatic heterocycles. The average Bonchev–Trinajstić information content (AvgIpc) is 2.27. The maximum atomic E-state index is 11.5. The van der Waals surface area contributed by atoms with Gasteiger partial charge in [0.2, 0.25) is 5.91 Å². The average molecular weight is 279 g/mol. The molecule has 0 aromatic carbocycles. The molecule has 0 saturated heterocycles. The second kappa shape index (κ2) is 5.51. The molecule has 1 aliphatic carbocycles. The molecule has 0 bridgehead atoms. The summed E-state index contributed by atoms with van der Waals surface area (Å²) >= 11 is 1.71. The lowest BCUT2D eigenvalue weighted by molar-refractivity contribution is -0.124. The Labute approximate surface area is 118 Å². The molecule has 1 amide bonds. The quantitative estimate of drug-likeness (QED) is 0.885. The summed E-state index contributed by atoms with van der Waals surface area (Å²) < 4.78 is 0. The molecule has 19 heavy (non-hydrogen) atoms. The van der Waals surface area contributed by atoms with Gasteiger partial charge in [-0.2, -0.15) is 0 Å². The Balaban J connectivity index is 2.08. The number of hydrogen-bond acceptors (Lipinski definition) is 4. The largest absolute Gasteiger partial charge is 0.368 e. The molecule has 2 rings (SSSR count). The van der Waals surface area contributed by atoms with E-state index in [1.54, 1.807) is 11.8 Å². The van der Waals surface area contributed by atoms with E-state index in [9.17, 15) is 4.79 Å². The molecule has 5 heteroatoms. The van der Waals surface area contributed by atoms with Crippen LogP contribution >= 0.6 is 11.8 Å². The summed E-state index contributed by atoms with van der Waals surface area (Å²) in [5, 5.41) is 1.33. The third kappa shape index (κ3) is 3.48. The fourth-order valence-electron chi connectivity index (χ4n) is 2.62. The number of nitrogens with zero attached hydrogens (tertiary/aromatic N) is 1. The summed E-state index contributed by atoms with van der Waals surface area (Å²) in [5.41, 5.74) is 12.9. The highest BCUT2D eigenvalue weighted by Crippen LogP contribution is 2.36. The van der Waals surface area contributed by atoms with Gasteiger partial charge < -0.3 is 11.5 Å². The van der Waals surface area contributed by atoms with Crippen LogP contribution < -0.4 is 11.5 Å². The number of primary amides is 1. The number of pyridine rings is 1. The second-order valence-corrected chi connectivity index (χ2v) is 6.80. The zero-order valence-electron chi connectivity index (χ0n) is 11.5. The van der Waals surface area contributed by atoms with Gasteiger partial charge in [0.25, 0.3) is 0 Å². The molecule has 1 saturated carbocycles. The molecule has 2 unspecified atom stereocenters. The summed E-state index contributed by atoms with van der Waals surface area (Å²) in [4.78, 5) is 16.0. The fourth-order valence-corrected chi connectivity index (χ4v) is 4.07. The molecule has 4 nitrogen and oxygen atoms in total. The Kier molecular flexibility index (Phi) is 4.16. The Morgan fingerprint density at radius 2 is 2.21 bits per heavy atom. The molecule has 2 atom stereocenters. The van der Waals surface area contributed by atoms with Gasteiger partial charge in [-0.3, -0.25) is 4.79 Å². The number of carbonyl (C=O) groups excluding carboxylic acids is 1. The molecule has 1 heterocycles. The monoisotopic (exact) mass is 279 g/mol. The summed E-state index contributed by atoms with van der Waals surface area (Å²) in [6.07, 6.45) is 3.34. The molecular weight excluding hydrogens is 258 g/mol. The van der Waals surface area contributed by atoms with E-state index < -0.39 is 5.54 Å². The lowest BCUT2D eigenvalue weighted by Gasteiger charge is -2.34. The Morgan fingerprint density at radius 1 is 1.47 bits per heavy atom. The van der Waals surface area contributed by atoms with E-state index in [0.717, 1.165) is 23.6 Å². The highest BCUT2D eigenvalue weighted by molar-refractivity contribution is 7.99. The number of carbonyl (C=O) groups is 1. The van der Waals surface area contributed by atoms with Crippen LogP contribution in [0.15, 0.2) is 17.2 Å². The lowest BCUT2D eigenvalue weighted by atomic mass is 9.82. The molecule has 1 aliphatic rings. The maximum absolute atomic E-state index is 11.5. The number of aryl methyl sites for hydroxylation is 2. The molecule has 1 fully saturated rings. The van der Waals surface area contributed by atoms with Crippen molar-refractivity contribution >= 4 is 17.7 Å². The molecule has 0 aliphatic heterocycles. The van der Waals surface area contributed by atoms with Crippen LogP contribution in [-0.4, -0.2) is 21.7 Å². The summed E-state index contributed by atoms with van der Waals surface area (Å²) in [5.74, 6) is -0.383. The van der Waals surface area contributed by atoms with Gasteiger partial charge in [-0.05, 0) is 57.2 Å². The molecule has 0 radical (unpaired) electrons. The number of nitrogens with two attached hydrogens (primary N) is 2. The van der Waals surface area contributed by atoms with Crippen molar-refractivity contribution in [3.63, 3.8) is 0 Å². The van der Waals surface area contributed by atoms with Crippen molar-refractivity contribution in [2.45, 2.75) is 55.3 Å². The van der Waals surface area contributed by atoms with Gasteiger partial charge in [-0.15, -0.1) is 11.8 Å². The Morgan fingerprint density at radius 3 is 2.84 bits per heavy atom. The van der Waals surface area contributed by atoms with E-state index in [0.29, 0.717) is 18.1 Å². The van der Waals surface area contributed by atoms with Crippen LogP contribution in [0.4, 0.5) is 0 Å². The minimum Gasteiger partial charge on any atom is -0.368 e. The van der Waals surface area contributed by atoms with Crippen molar-refractivity contribution in [1.82, 2.24) is 4.98 Å². The summed E-state index contributed by atoms with van der Waals surface area (Å²) in [6, 6.07) is 4.14. The van der Waals surface area contributed by atoms with Crippen molar-refractivity contribution in [3.8, 4) is 0 Å². The first-order valence-electron chi connectivity index (χ1n) is 6.60. The van der Waals surface area contributed by atoms with Crippen LogP contribution in [0.3, 0.4) is 0 Å². The Bertz CT molecular complexity index is 471. The van der Waals surface area contributed by atoms with E-state index in [2.05, 4.69) is 24.0 Å². The number of thioether (sulfide) groups is 1. The van der Waals surface area contributed by atoms with E-state index >= 15 is 0 Å². The smallest absolute Gasteiger partial charge is 0.237 e. The van der Waals surface area contributed by atoms with E-state index in [1.807, 2.05) is 6.92 Å². The van der Waals surface area contributed by atoms with Crippen LogP contribution in [0.1, 0.15) is 36.9 Å². The molecular formula is C14H21N3OS. The minimum absolute atomic E-state index is 0.319. The van der Waals surface area contributed by atoms with Gasteiger partial charge in [0.1, 0.15) is 0 Å². The van der Waals surface area contributed by atoms with Gasteiger partial charge in [0, 0.05) is 10.9 Å². The third-order valence-electron chi connectivity index (χ3n) is 3.59. The molecule has 4 N–H and O–H groups in total. The predicted molar refractivity (Wildman–Crippen MR) is 77.9 cm³/mol. The van der Waals surface area contributed by atoms with Crippen molar-refractivity contribution in [3.05, 3.63) is 23.4 Å². The van der Waals surface area contributed by atoms with Gasteiger partial charge in [-0.25, -0.2) is 4.98 Å². The first kappa shape index (κ1) is 14.3. The highest BCUT2D eigenvalue weighted by Gasteiger charge is 2.38. The van der Waals surface area contributed by atoms with Gasteiger partial charge >= 0.3 is 0 Å². The summed E-state index contributed by atoms with van der Waals surface area (Å²) in [6.45, 7) is 4.06. The van der Waals surface area contributed by atoms with Crippen molar-refractivity contribution in [1.29, 1.82) is 0 Å². The molecule has 0 spiro atoms. The minimum atomic E-state index is -0.839. The van der Waals surface area contributed by atoms with Crippen molar-refractivity contribution in [2.24, 2.45) is 11.5 Å². The number of aromatic nitrogens is 1. The topological polar surface area (TPSA) is 82.0 Å². The predicted octanol–water partition coefficient (Wildman–Crippen LogP) is 1.92. The van der Waals surface area contributed by atoms with Crippen LogP contribution in [0.5, 0.6) is 0 Å². The van der Waals surface area contributed by atoms with Gasteiger partial charge in [0.05, 0.1) is 10.6 Å². The van der Waals surface area contributed by atoms with Crippen LogP contribution in [-0.2, 0) is 4.79 Å². The van der Waals surface area contributed by atoms with Crippen molar-refractivity contribution < 1.29 is 4.79 Å². The third-order valence-corrected chi connectivity index (χ3v) is 4.78. The van der Waals surface area contributed by atoms with E-state index in [1.165, 1.54) is 5.56 Å². The van der Waals surface area contributed by atoms with Gasteiger partial charge in [-0.1, -0.05) is 0 Å². The maximum Gasteiger partial charge on any atom is 0.237 e. The normalized spacial score (nSPS) is 27.2. The van der Waals surface area contributed by atoms with E-state index in [-0.39, 0.29) is 5.91 Å². The van der Waals surface area contributed by atoms with Crippen molar-refractivity contribution in [2.75, 3.05) is 0 Å². The zero-order chi connectivity index (χ0) is 14.0. The van der Waals surface area contributed by atoms with E-state index in [4.69, 9.17) is 11.5 Å². The zero-order valence-corrected chi connectivity index (χ0v) is 12.3. The first-order valence-corrected chi connectivity index (χ1v) is 7.48. The number of amides is 1. The number of hydrogen-bond donors (Lipinski definition) is 2. The summed E-state index contributed by atoms with van der Waals surface area (Å²) in [7, 11) is 0. The van der Waals surface area contributed by atoms with Gasteiger partial charge in [0.15, 0.2) is 0 Å².